The van der Waals surface area contributed by atoms with Gasteiger partial charge in [-0.05, 0) is 12.5 Å². The Bertz CT molecular complexity index is 381. The van der Waals surface area contributed by atoms with Crippen LogP contribution in [0.15, 0.2) is 6.07 Å². The van der Waals surface area contributed by atoms with Crippen molar-refractivity contribution < 1.29 is 13.9 Å². The number of halogens is 1. The Morgan fingerprint density at radius 2 is 2.12 bits per heavy atom. The lowest BCUT2D eigenvalue weighted by molar-refractivity contribution is 0.0956. The van der Waals surface area contributed by atoms with Gasteiger partial charge in [0, 0.05) is 12.6 Å². The maximum Gasteiger partial charge on any atom is 0.269 e. The number of aromatic nitrogens is 1. The summed E-state index contributed by atoms with van der Waals surface area (Å²) in [6, 6.07) is 1.53. The molecule has 0 aliphatic heterocycles. The monoisotopic (exact) mass is 242 g/mol. The summed E-state index contributed by atoms with van der Waals surface area (Å²) in [4.78, 5) is 14.8. The molecule has 0 radical (unpaired) electrons. The molecule has 1 aromatic heterocycles. The second-order valence-corrected chi connectivity index (χ2v) is 2.92. The van der Waals surface area contributed by atoms with Crippen molar-refractivity contribution in [1.82, 2.24) is 10.3 Å². The van der Waals surface area contributed by atoms with Crippen LogP contribution < -0.4 is 10.1 Å². The van der Waals surface area contributed by atoms with Gasteiger partial charge in [-0.25, -0.2) is 4.98 Å². The fraction of sp³-hybridized carbons (Fsp3) is 0.500. The molecule has 1 amide bonds. The van der Waals surface area contributed by atoms with Crippen LogP contribution in [0, 0.1) is 5.95 Å². The number of aryl methyl sites for hydroxylation is 1. The largest absolute Gasteiger partial charge is 0.492 e. The zero-order valence-corrected chi connectivity index (χ0v) is 10.9. The van der Waals surface area contributed by atoms with E-state index in [2.05, 4.69) is 10.3 Å². The number of amides is 1. The number of hydrogen-bond donors (Lipinski definition) is 1. The molecule has 96 valence electrons. The van der Waals surface area contributed by atoms with Crippen molar-refractivity contribution >= 4 is 5.91 Å². The lowest BCUT2D eigenvalue weighted by atomic mass is 10.1. The van der Waals surface area contributed by atoms with Crippen molar-refractivity contribution in [2.45, 2.75) is 27.2 Å². The van der Waals surface area contributed by atoms with E-state index < -0.39 is 11.9 Å². The van der Waals surface area contributed by atoms with Gasteiger partial charge < -0.3 is 10.1 Å². The van der Waals surface area contributed by atoms with E-state index in [-0.39, 0.29) is 11.4 Å². The summed E-state index contributed by atoms with van der Waals surface area (Å²) in [6.45, 7) is 5.85. The van der Waals surface area contributed by atoms with Gasteiger partial charge in [0.05, 0.1) is 7.11 Å². The van der Waals surface area contributed by atoms with Gasteiger partial charge in [-0.3, -0.25) is 4.79 Å². The molecule has 1 aromatic rings. The molecule has 1 rings (SSSR count). The molecule has 5 heteroatoms. The van der Waals surface area contributed by atoms with E-state index in [1.54, 1.807) is 0 Å². The molecule has 0 saturated heterocycles. The minimum absolute atomic E-state index is 0.0626. The minimum Gasteiger partial charge on any atom is -0.492 e. The topological polar surface area (TPSA) is 51.2 Å². The Balaban J connectivity index is 0.00000121. The zero-order valence-electron chi connectivity index (χ0n) is 10.9. The predicted molar refractivity (Wildman–Crippen MR) is 64.9 cm³/mol. The van der Waals surface area contributed by atoms with E-state index in [1.807, 2.05) is 20.8 Å². The highest BCUT2D eigenvalue weighted by atomic mass is 19.1. The van der Waals surface area contributed by atoms with E-state index in [9.17, 15) is 9.18 Å². The van der Waals surface area contributed by atoms with Gasteiger partial charge in [0.1, 0.15) is 5.69 Å². The van der Waals surface area contributed by atoms with Crippen LogP contribution in [0.1, 0.15) is 36.8 Å². The Labute approximate surface area is 101 Å². The normalized spacial score (nSPS) is 9.06. The van der Waals surface area contributed by atoms with Gasteiger partial charge in [-0.1, -0.05) is 20.8 Å². The second kappa shape index (κ2) is 7.60. The van der Waals surface area contributed by atoms with Crippen LogP contribution in [-0.2, 0) is 6.42 Å². The molecule has 17 heavy (non-hydrogen) atoms. The van der Waals surface area contributed by atoms with Crippen LogP contribution >= 0.6 is 0 Å². The van der Waals surface area contributed by atoms with Crippen LogP contribution in [0.25, 0.3) is 0 Å². The molecule has 0 unspecified atom stereocenters. The molecule has 0 atom stereocenters. The van der Waals surface area contributed by atoms with Crippen molar-refractivity contribution in [2.24, 2.45) is 0 Å². The van der Waals surface area contributed by atoms with E-state index in [1.165, 1.54) is 20.2 Å². The van der Waals surface area contributed by atoms with Crippen LogP contribution in [0.4, 0.5) is 4.39 Å². The number of methoxy groups -OCH3 is 1. The number of pyridine rings is 1. The van der Waals surface area contributed by atoms with Crippen LogP contribution in [-0.4, -0.2) is 25.0 Å². The summed E-state index contributed by atoms with van der Waals surface area (Å²) in [5.41, 5.74) is 0.691. The summed E-state index contributed by atoms with van der Waals surface area (Å²) in [5.74, 6) is -1.06. The van der Waals surface area contributed by atoms with Gasteiger partial charge in [-0.2, -0.15) is 4.39 Å². The molecular weight excluding hydrogens is 223 g/mol. The molecule has 4 nitrogen and oxygen atoms in total. The van der Waals surface area contributed by atoms with Gasteiger partial charge in [0.15, 0.2) is 5.75 Å². The first kappa shape index (κ1) is 15.3. The lowest BCUT2D eigenvalue weighted by Crippen LogP contribution is -2.20. The molecule has 1 heterocycles. The van der Waals surface area contributed by atoms with E-state index in [0.29, 0.717) is 12.0 Å². The molecule has 0 aliphatic carbocycles. The number of ether oxygens (including phenoxy) is 1. The molecule has 0 fully saturated rings. The fourth-order valence-corrected chi connectivity index (χ4v) is 1.27. The number of rotatable bonds is 3. The van der Waals surface area contributed by atoms with Gasteiger partial charge >= 0.3 is 0 Å². The number of carbonyl (C=O) groups excluding carboxylic acids is 1. The van der Waals surface area contributed by atoms with Crippen molar-refractivity contribution in [3.8, 4) is 5.75 Å². The number of nitrogens with one attached hydrogen (secondary N) is 1. The average Bonchev–Trinajstić information content (AvgIpc) is 2.38. The fourth-order valence-electron chi connectivity index (χ4n) is 1.27. The summed E-state index contributed by atoms with van der Waals surface area (Å²) < 4.78 is 18.2. The molecule has 0 bridgehead atoms. The van der Waals surface area contributed by atoms with Gasteiger partial charge in [0.25, 0.3) is 11.9 Å². The number of nitrogens with zero attached hydrogens (tertiary/aromatic N) is 1. The van der Waals surface area contributed by atoms with Gasteiger partial charge in [-0.15, -0.1) is 0 Å². The Morgan fingerprint density at radius 1 is 1.53 bits per heavy atom. The third-order valence-electron chi connectivity index (χ3n) is 2.05. The smallest absolute Gasteiger partial charge is 0.269 e. The van der Waals surface area contributed by atoms with Crippen molar-refractivity contribution in [3.05, 3.63) is 23.3 Å². The summed E-state index contributed by atoms with van der Waals surface area (Å²) in [5, 5.41) is 2.39. The minimum atomic E-state index is -0.754. The third kappa shape index (κ3) is 3.69. The average molecular weight is 242 g/mol. The maximum absolute atomic E-state index is 13.4. The van der Waals surface area contributed by atoms with E-state index >= 15 is 0 Å². The van der Waals surface area contributed by atoms with Crippen molar-refractivity contribution in [2.75, 3.05) is 14.2 Å². The molecular formula is C12H19FN2O2. The first-order chi connectivity index (χ1) is 8.13. The summed E-state index contributed by atoms with van der Waals surface area (Å²) in [6.07, 6.45) is 0.576. The molecule has 0 saturated carbocycles. The number of carbonyl (C=O) groups is 1. The maximum atomic E-state index is 13.4. The molecule has 0 aromatic carbocycles. The standard InChI is InChI=1S/C10H13FN2O2.C2H6/c1-4-6-5-7(10(14)12-2)13-9(11)8(6)15-3;1-2/h5H,4H2,1-3H3,(H,12,14);1-2H3. The zero-order chi connectivity index (χ0) is 13.4. The SMILES string of the molecule is CC.CCc1cc(C(=O)NC)nc(F)c1OC. The van der Waals surface area contributed by atoms with E-state index in [0.717, 1.165) is 0 Å². The summed E-state index contributed by atoms with van der Waals surface area (Å²) in [7, 11) is 2.84. The second-order valence-electron chi connectivity index (χ2n) is 2.92. The Kier molecular flexibility index (Phi) is 6.86. The van der Waals surface area contributed by atoms with Crippen molar-refractivity contribution in [1.29, 1.82) is 0 Å². The first-order valence-corrected chi connectivity index (χ1v) is 5.59. The Morgan fingerprint density at radius 3 is 2.53 bits per heavy atom. The molecule has 1 N–H and O–H groups in total. The highest BCUT2D eigenvalue weighted by Gasteiger charge is 2.15. The van der Waals surface area contributed by atoms with Crippen LogP contribution in [0.5, 0.6) is 5.75 Å². The third-order valence-corrected chi connectivity index (χ3v) is 2.05. The highest BCUT2D eigenvalue weighted by Crippen LogP contribution is 2.22. The predicted octanol–water partition coefficient (Wildman–Crippen LogP) is 2.18. The lowest BCUT2D eigenvalue weighted by Gasteiger charge is -2.08. The number of hydrogen-bond acceptors (Lipinski definition) is 3. The van der Waals surface area contributed by atoms with Crippen molar-refractivity contribution in [3.63, 3.8) is 0 Å². The first-order valence-electron chi connectivity index (χ1n) is 5.59. The quantitative estimate of drug-likeness (QED) is 0.826. The molecule has 0 spiro atoms. The molecule has 0 aliphatic rings. The van der Waals surface area contributed by atoms with Crippen LogP contribution in [0.2, 0.25) is 0 Å². The highest BCUT2D eigenvalue weighted by molar-refractivity contribution is 5.92. The van der Waals surface area contributed by atoms with Gasteiger partial charge in [0.2, 0.25) is 0 Å². The van der Waals surface area contributed by atoms with Crippen LogP contribution in [0.3, 0.4) is 0 Å². The Hall–Kier alpha value is -1.65. The van der Waals surface area contributed by atoms with E-state index in [4.69, 9.17) is 4.74 Å². The summed E-state index contributed by atoms with van der Waals surface area (Å²) >= 11 is 0.